The van der Waals surface area contributed by atoms with Crippen molar-refractivity contribution in [3.8, 4) is 12.3 Å². The lowest BCUT2D eigenvalue weighted by Crippen LogP contribution is -2.10. The van der Waals surface area contributed by atoms with E-state index in [1.807, 2.05) is 12.3 Å². The van der Waals surface area contributed by atoms with Gasteiger partial charge in [-0.1, -0.05) is 5.92 Å². The Kier molecular flexibility index (Phi) is 3.62. The van der Waals surface area contributed by atoms with Crippen molar-refractivity contribution in [3.05, 3.63) is 41.2 Å². The van der Waals surface area contributed by atoms with Gasteiger partial charge in [0.25, 0.3) is 0 Å². The summed E-state index contributed by atoms with van der Waals surface area (Å²) in [7, 11) is 1.76. The van der Waals surface area contributed by atoms with Gasteiger partial charge in [0.15, 0.2) is 0 Å². The number of aromatic nitrogens is 3. The molecule has 1 aliphatic carbocycles. The van der Waals surface area contributed by atoms with Gasteiger partial charge in [-0.15, -0.1) is 6.42 Å². The molecule has 118 valence electrons. The van der Waals surface area contributed by atoms with Crippen molar-refractivity contribution in [1.29, 1.82) is 0 Å². The average molecular weight is 314 g/mol. The first-order valence-corrected chi connectivity index (χ1v) is 8.20. The van der Waals surface area contributed by atoms with Crippen molar-refractivity contribution in [2.75, 3.05) is 7.05 Å². The minimum atomic E-state index is 0.910. The van der Waals surface area contributed by atoms with Crippen molar-refractivity contribution in [2.24, 2.45) is 4.99 Å². The van der Waals surface area contributed by atoms with Crippen molar-refractivity contribution in [3.63, 3.8) is 0 Å². The average Bonchev–Trinajstić information content (AvgIpc) is 3.09. The molecule has 4 rings (SSSR count). The van der Waals surface area contributed by atoms with Crippen LogP contribution in [0.25, 0.3) is 27.4 Å². The summed E-state index contributed by atoms with van der Waals surface area (Å²) in [5.41, 5.74) is 6.63. The summed E-state index contributed by atoms with van der Waals surface area (Å²) in [6.07, 6.45) is 15.5. The number of aryl methyl sites for hydroxylation is 1. The van der Waals surface area contributed by atoms with Crippen LogP contribution in [0.1, 0.15) is 29.7 Å². The second-order valence-electron chi connectivity index (χ2n) is 6.07. The number of fused-ring (bicyclic) bond motifs is 5. The van der Waals surface area contributed by atoms with E-state index in [9.17, 15) is 0 Å². The summed E-state index contributed by atoms with van der Waals surface area (Å²) >= 11 is 0. The van der Waals surface area contributed by atoms with E-state index in [0.717, 1.165) is 40.5 Å². The Morgan fingerprint density at radius 3 is 2.92 bits per heavy atom. The van der Waals surface area contributed by atoms with Crippen LogP contribution in [-0.4, -0.2) is 28.4 Å². The third-order valence-corrected chi connectivity index (χ3v) is 4.67. The molecule has 0 unspecified atom stereocenters. The summed E-state index contributed by atoms with van der Waals surface area (Å²) in [6.45, 7) is 0. The Balaban J connectivity index is 2.11. The third-order valence-electron chi connectivity index (χ3n) is 4.67. The van der Waals surface area contributed by atoms with Crippen molar-refractivity contribution < 1.29 is 0 Å². The zero-order valence-electron chi connectivity index (χ0n) is 13.6. The van der Waals surface area contributed by atoms with E-state index < -0.39 is 0 Å². The van der Waals surface area contributed by atoms with Gasteiger partial charge in [0.05, 0.1) is 22.9 Å². The Hall–Kier alpha value is -2.93. The minimum Gasteiger partial charge on any atom is -0.296 e. The highest BCUT2D eigenvalue weighted by Gasteiger charge is 2.21. The van der Waals surface area contributed by atoms with Gasteiger partial charge in [-0.3, -0.25) is 10.1 Å². The molecule has 0 atom stereocenters. The zero-order chi connectivity index (χ0) is 16.5. The Morgan fingerprint density at radius 1 is 1.29 bits per heavy atom. The van der Waals surface area contributed by atoms with Crippen LogP contribution in [0.15, 0.2) is 29.4 Å². The molecule has 3 aromatic rings. The normalized spacial score (nSPS) is 15.1. The van der Waals surface area contributed by atoms with Crippen molar-refractivity contribution in [2.45, 2.75) is 25.7 Å². The van der Waals surface area contributed by atoms with E-state index in [1.54, 1.807) is 19.3 Å². The molecule has 1 aliphatic rings. The number of hydrogen-bond acceptors (Lipinski definition) is 3. The standard InChI is InChI=1S/C20H18N4/c1-3-6-13(11-21-2)20-15-8-5-4-7-14(15)19-16-12-22-24-17(16)9-10-18(19)23-20/h1,6,9-12H,4-5,7-8H2,2H3,(H,22,24)/b13-6+,21-11?. The summed E-state index contributed by atoms with van der Waals surface area (Å²) in [5.74, 6) is 2.62. The first-order chi connectivity index (χ1) is 11.8. The maximum atomic E-state index is 5.52. The fourth-order valence-electron chi connectivity index (χ4n) is 3.68. The van der Waals surface area contributed by atoms with Crippen LogP contribution >= 0.6 is 0 Å². The number of rotatable bonds is 2. The smallest absolute Gasteiger partial charge is 0.0766 e. The summed E-state index contributed by atoms with van der Waals surface area (Å²) in [5, 5.41) is 9.64. The topological polar surface area (TPSA) is 53.9 Å². The second-order valence-corrected chi connectivity index (χ2v) is 6.07. The van der Waals surface area contributed by atoms with Crippen LogP contribution in [0.4, 0.5) is 0 Å². The Morgan fingerprint density at radius 2 is 2.12 bits per heavy atom. The van der Waals surface area contributed by atoms with Crippen molar-refractivity contribution >= 4 is 33.6 Å². The minimum absolute atomic E-state index is 0.910. The van der Waals surface area contributed by atoms with Crippen LogP contribution in [0.3, 0.4) is 0 Å². The molecule has 4 heteroatoms. The van der Waals surface area contributed by atoms with Gasteiger partial charge in [-0.2, -0.15) is 5.10 Å². The third kappa shape index (κ3) is 2.21. The largest absolute Gasteiger partial charge is 0.296 e. The van der Waals surface area contributed by atoms with Gasteiger partial charge in [-0.25, -0.2) is 4.98 Å². The molecule has 24 heavy (non-hydrogen) atoms. The molecule has 0 amide bonds. The van der Waals surface area contributed by atoms with Gasteiger partial charge in [0.2, 0.25) is 0 Å². The number of hydrogen-bond donors (Lipinski definition) is 1. The predicted molar refractivity (Wildman–Crippen MR) is 99.3 cm³/mol. The van der Waals surface area contributed by atoms with E-state index in [-0.39, 0.29) is 0 Å². The van der Waals surface area contributed by atoms with Crippen LogP contribution in [-0.2, 0) is 12.8 Å². The van der Waals surface area contributed by atoms with Crippen LogP contribution in [0.5, 0.6) is 0 Å². The highest BCUT2D eigenvalue weighted by molar-refractivity contribution is 6.13. The highest BCUT2D eigenvalue weighted by atomic mass is 15.1. The molecule has 0 spiro atoms. The molecular formula is C20H18N4. The number of H-pyrrole nitrogens is 1. The maximum absolute atomic E-state index is 5.52. The van der Waals surface area contributed by atoms with Crippen LogP contribution < -0.4 is 0 Å². The number of pyridine rings is 1. The lowest BCUT2D eigenvalue weighted by molar-refractivity contribution is 0.686. The number of benzene rings is 1. The molecule has 1 aromatic carbocycles. The molecule has 2 heterocycles. The molecule has 2 aromatic heterocycles. The summed E-state index contributed by atoms with van der Waals surface area (Å²) in [6, 6.07) is 4.10. The van der Waals surface area contributed by atoms with Gasteiger partial charge in [0.1, 0.15) is 0 Å². The molecule has 1 N–H and O–H groups in total. The van der Waals surface area contributed by atoms with Gasteiger partial charge in [0, 0.05) is 29.6 Å². The molecule has 0 saturated heterocycles. The molecular weight excluding hydrogens is 296 g/mol. The first kappa shape index (κ1) is 14.6. The van der Waals surface area contributed by atoms with E-state index in [2.05, 4.69) is 27.2 Å². The lowest BCUT2D eigenvalue weighted by atomic mass is 9.85. The van der Waals surface area contributed by atoms with Gasteiger partial charge >= 0.3 is 0 Å². The number of nitrogens with zero attached hydrogens (tertiary/aromatic N) is 3. The first-order valence-electron chi connectivity index (χ1n) is 8.20. The molecule has 4 nitrogen and oxygen atoms in total. The van der Waals surface area contributed by atoms with E-state index in [1.165, 1.54) is 29.4 Å². The SMILES string of the molecule is C#C/C=C(\C=NC)c1nc2ccc3[nH]ncc3c2c2c1CCCC2. The fraction of sp³-hybridized carbons (Fsp3) is 0.250. The highest BCUT2D eigenvalue weighted by Crippen LogP contribution is 2.35. The number of aliphatic imine (C=N–C) groups is 1. The van der Waals surface area contributed by atoms with Crippen LogP contribution in [0, 0.1) is 12.3 Å². The number of allylic oxidation sites excluding steroid dienone is 2. The Bertz CT molecular complexity index is 1030. The lowest BCUT2D eigenvalue weighted by Gasteiger charge is -2.21. The molecule has 0 aliphatic heterocycles. The molecule has 0 saturated carbocycles. The molecule has 0 fully saturated rings. The Labute approximate surface area is 140 Å². The molecule has 0 radical (unpaired) electrons. The van der Waals surface area contributed by atoms with Crippen molar-refractivity contribution in [1.82, 2.24) is 15.2 Å². The van der Waals surface area contributed by atoms with Crippen LogP contribution in [0.2, 0.25) is 0 Å². The quantitative estimate of drug-likeness (QED) is 0.579. The van der Waals surface area contributed by atoms with E-state index in [0.29, 0.717) is 0 Å². The van der Waals surface area contributed by atoms with Gasteiger partial charge in [-0.05, 0) is 55.0 Å². The second kappa shape index (κ2) is 5.93. The predicted octanol–water partition coefficient (Wildman–Crippen LogP) is 3.71. The number of terminal acetylenes is 1. The number of aromatic amines is 1. The summed E-state index contributed by atoms with van der Waals surface area (Å²) < 4.78 is 0. The molecule has 0 bridgehead atoms. The number of nitrogens with one attached hydrogen (secondary N) is 1. The zero-order valence-corrected chi connectivity index (χ0v) is 13.6. The van der Waals surface area contributed by atoms with E-state index >= 15 is 0 Å². The summed E-state index contributed by atoms with van der Waals surface area (Å²) in [4.78, 5) is 9.12. The van der Waals surface area contributed by atoms with Gasteiger partial charge < -0.3 is 0 Å². The van der Waals surface area contributed by atoms with E-state index in [4.69, 9.17) is 11.4 Å². The maximum Gasteiger partial charge on any atom is 0.0766 e. The monoisotopic (exact) mass is 314 g/mol. The fourth-order valence-corrected chi connectivity index (χ4v) is 3.68.